The number of hydrogen-bond donors (Lipinski definition) is 3. The lowest BCUT2D eigenvalue weighted by atomic mass is 10.1. The van der Waals surface area contributed by atoms with E-state index in [4.69, 9.17) is 22.1 Å². The second-order valence-corrected chi connectivity index (χ2v) is 8.25. The molecule has 0 bridgehead atoms. The van der Waals surface area contributed by atoms with Crippen LogP contribution in [0.15, 0.2) is 82.6 Å². The summed E-state index contributed by atoms with van der Waals surface area (Å²) in [6.07, 6.45) is -0.846. The lowest BCUT2D eigenvalue weighted by Gasteiger charge is -2.06. The average molecular weight is 438 g/mol. The number of benzene rings is 3. The van der Waals surface area contributed by atoms with E-state index in [0.29, 0.717) is 12.4 Å². The number of aromatic amines is 1. The van der Waals surface area contributed by atoms with Crippen molar-refractivity contribution in [3.63, 3.8) is 0 Å². The number of hydrogen-bond acceptors (Lipinski definition) is 4. The topological polar surface area (TPSA) is 80.1 Å². The molecule has 3 aromatic carbocycles. The first-order valence-corrected chi connectivity index (χ1v) is 10.6. The van der Waals surface area contributed by atoms with Crippen LogP contribution >= 0.6 is 23.4 Å². The number of amides is 1. The molecule has 4 aromatic rings. The third-order valence-electron chi connectivity index (χ3n) is 4.52. The molecule has 1 amide bonds. The van der Waals surface area contributed by atoms with Crippen molar-refractivity contribution in [2.45, 2.75) is 22.9 Å². The number of halogens is 1. The zero-order valence-electron chi connectivity index (χ0n) is 16.0. The molecule has 0 aliphatic carbocycles. The van der Waals surface area contributed by atoms with Gasteiger partial charge in [0.05, 0.1) is 4.90 Å². The quantitative estimate of drug-likeness (QED) is 0.345. The molecule has 0 saturated carbocycles. The Balaban J connectivity index is 1.54. The fourth-order valence-corrected chi connectivity index (χ4v) is 4.27. The Labute approximate surface area is 183 Å². The Kier molecular flexibility index (Phi) is 6.28. The number of rotatable bonds is 7. The summed E-state index contributed by atoms with van der Waals surface area (Å²) in [6, 6.07) is 23.8. The maximum absolute atomic E-state index is 11.4. The minimum atomic E-state index is -0.846. The maximum atomic E-state index is 11.4. The first-order valence-electron chi connectivity index (χ1n) is 9.38. The summed E-state index contributed by atoms with van der Waals surface area (Å²) in [4.78, 5) is 16.4. The van der Waals surface area contributed by atoms with Crippen LogP contribution in [-0.4, -0.2) is 11.1 Å². The number of carbonyl (C=O) groups is 1. The Bertz CT molecular complexity index is 1160. The van der Waals surface area contributed by atoms with Gasteiger partial charge in [-0.25, -0.2) is 4.79 Å². The van der Waals surface area contributed by atoms with E-state index in [-0.39, 0.29) is 0 Å². The Morgan fingerprint density at radius 1 is 1.00 bits per heavy atom. The normalized spacial score (nSPS) is 11.0. The molecule has 0 fully saturated rings. The van der Waals surface area contributed by atoms with Gasteiger partial charge in [-0.3, -0.25) is 0 Å². The Morgan fingerprint density at radius 3 is 2.43 bits per heavy atom. The van der Waals surface area contributed by atoms with E-state index >= 15 is 0 Å². The molecule has 0 radical (unpaired) electrons. The van der Waals surface area contributed by atoms with Gasteiger partial charge in [0.2, 0.25) is 5.88 Å². The van der Waals surface area contributed by atoms with E-state index < -0.39 is 6.09 Å². The van der Waals surface area contributed by atoms with Gasteiger partial charge < -0.3 is 20.8 Å². The molecule has 7 heteroatoms. The van der Waals surface area contributed by atoms with Crippen LogP contribution in [0, 0.1) is 0 Å². The van der Waals surface area contributed by atoms with E-state index in [1.54, 1.807) is 0 Å². The van der Waals surface area contributed by atoms with Crippen molar-refractivity contribution in [3.8, 4) is 5.88 Å². The van der Waals surface area contributed by atoms with Gasteiger partial charge in [0.25, 0.3) is 0 Å². The summed E-state index contributed by atoms with van der Waals surface area (Å²) < 4.78 is 5.23. The van der Waals surface area contributed by atoms with Crippen LogP contribution in [0.3, 0.4) is 0 Å². The molecule has 0 atom stereocenters. The smallest absolute Gasteiger partial charge is 0.392 e. The first-order chi connectivity index (χ1) is 14.6. The van der Waals surface area contributed by atoms with Gasteiger partial charge in [-0.15, -0.1) is 0 Å². The van der Waals surface area contributed by atoms with E-state index in [2.05, 4.69) is 16.4 Å². The van der Waals surface area contributed by atoms with Gasteiger partial charge in [0.1, 0.15) is 0 Å². The number of ether oxygens (including phenoxy) is 1. The standard InChI is InChI=1S/C23H20ClN3O2S/c24-17-9-6-15(7-10-17)13-26-14-16-8-11-19-20(12-16)27-22(29-23(25)28)21(19)30-18-4-2-1-3-5-18/h1-12,26-27H,13-14H2,(H2,25,28). The van der Waals surface area contributed by atoms with Crippen LogP contribution in [0.5, 0.6) is 5.88 Å². The van der Waals surface area contributed by atoms with Crippen molar-refractivity contribution in [2.24, 2.45) is 5.73 Å². The highest BCUT2D eigenvalue weighted by Gasteiger charge is 2.16. The summed E-state index contributed by atoms with van der Waals surface area (Å²) in [7, 11) is 0. The fraction of sp³-hybridized carbons (Fsp3) is 0.0870. The lowest BCUT2D eigenvalue weighted by Crippen LogP contribution is -2.16. The second-order valence-electron chi connectivity index (χ2n) is 6.73. The highest BCUT2D eigenvalue weighted by Crippen LogP contribution is 2.40. The summed E-state index contributed by atoms with van der Waals surface area (Å²) in [5.74, 6) is 0.359. The van der Waals surface area contributed by atoms with Crippen LogP contribution in [0.4, 0.5) is 4.79 Å². The molecule has 152 valence electrons. The molecule has 1 heterocycles. The van der Waals surface area contributed by atoms with Gasteiger partial charge in [-0.1, -0.05) is 65.8 Å². The molecule has 4 rings (SSSR count). The zero-order chi connectivity index (χ0) is 20.9. The molecule has 5 nitrogen and oxygen atoms in total. The van der Waals surface area contributed by atoms with E-state index in [0.717, 1.165) is 37.8 Å². The number of aromatic nitrogens is 1. The number of carbonyl (C=O) groups excluding carboxylic acids is 1. The van der Waals surface area contributed by atoms with Crippen LogP contribution in [0.25, 0.3) is 10.9 Å². The van der Waals surface area contributed by atoms with Crippen molar-refractivity contribution < 1.29 is 9.53 Å². The predicted octanol–water partition coefficient (Wildman–Crippen LogP) is 5.72. The minimum absolute atomic E-state index is 0.359. The largest absolute Gasteiger partial charge is 0.411 e. The Hall–Kier alpha value is -2.93. The van der Waals surface area contributed by atoms with Crippen LogP contribution in [0.1, 0.15) is 11.1 Å². The van der Waals surface area contributed by atoms with Gasteiger partial charge in [0, 0.05) is 33.9 Å². The Morgan fingerprint density at radius 2 is 1.70 bits per heavy atom. The number of H-pyrrole nitrogens is 1. The molecule has 0 aliphatic heterocycles. The van der Waals surface area contributed by atoms with Crippen molar-refractivity contribution in [3.05, 3.63) is 88.9 Å². The molecular weight excluding hydrogens is 418 g/mol. The molecule has 0 unspecified atom stereocenters. The van der Waals surface area contributed by atoms with Gasteiger partial charge in [0.15, 0.2) is 0 Å². The number of primary amides is 1. The van der Waals surface area contributed by atoms with Crippen molar-refractivity contribution in [1.29, 1.82) is 0 Å². The fourth-order valence-electron chi connectivity index (χ4n) is 3.14. The predicted molar refractivity (Wildman–Crippen MR) is 121 cm³/mol. The maximum Gasteiger partial charge on any atom is 0.411 e. The van der Waals surface area contributed by atoms with E-state index in [9.17, 15) is 4.79 Å². The molecule has 0 aliphatic rings. The molecule has 0 saturated heterocycles. The van der Waals surface area contributed by atoms with Gasteiger partial charge in [-0.05, 0) is 41.5 Å². The molecule has 1 aromatic heterocycles. The van der Waals surface area contributed by atoms with Crippen LogP contribution in [-0.2, 0) is 13.1 Å². The summed E-state index contributed by atoms with van der Waals surface area (Å²) in [5.41, 5.74) is 8.42. The third kappa shape index (κ3) is 4.97. The number of nitrogens with two attached hydrogens (primary N) is 1. The zero-order valence-corrected chi connectivity index (χ0v) is 17.6. The third-order valence-corrected chi connectivity index (χ3v) is 5.89. The number of fused-ring (bicyclic) bond motifs is 1. The monoisotopic (exact) mass is 437 g/mol. The van der Waals surface area contributed by atoms with Crippen molar-refractivity contribution in [2.75, 3.05) is 0 Å². The van der Waals surface area contributed by atoms with Crippen LogP contribution < -0.4 is 15.8 Å². The summed E-state index contributed by atoms with van der Waals surface area (Å²) in [5, 5.41) is 5.13. The van der Waals surface area contributed by atoms with E-state index in [1.165, 1.54) is 17.3 Å². The van der Waals surface area contributed by atoms with Crippen LogP contribution in [0.2, 0.25) is 5.02 Å². The van der Waals surface area contributed by atoms with E-state index in [1.807, 2.05) is 66.7 Å². The summed E-state index contributed by atoms with van der Waals surface area (Å²) >= 11 is 7.45. The van der Waals surface area contributed by atoms with Crippen molar-refractivity contribution >= 4 is 40.4 Å². The average Bonchev–Trinajstić information content (AvgIpc) is 3.06. The highest BCUT2D eigenvalue weighted by molar-refractivity contribution is 7.99. The second kappa shape index (κ2) is 9.26. The lowest BCUT2D eigenvalue weighted by molar-refractivity contribution is 0.208. The molecule has 4 N–H and O–H groups in total. The molecule has 0 spiro atoms. The van der Waals surface area contributed by atoms with Gasteiger partial charge in [-0.2, -0.15) is 0 Å². The molecular formula is C23H20ClN3O2S. The first kappa shape index (κ1) is 20.3. The van der Waals surface area contributed by atoms with Crippen molar-refractivity contribution in [1.82, 2.24) is 10.3 Å². The number of nitrogens with one attached hydrogen (secondary N) is 2. The molecule has 30 heavy (non-hydrogen) atoms. The summed E-state index contributed by atoms with van der Waals surface area (Å²) in [6.45, 7) is 1.44. The minimum Gasteiger partial charge on any atom is -0.392 e. The SMILES string of the molecule is NC(=O)Oc1[nH]c2cc(CNCc3ccc(Cl)cc3)ccc2c1Sc1ccccc1. The highest BCUT2D eigenvalue weighted by atomic mass is 35.5. The van der Waals surface area contributed by atoms with Gasteiger partial charge >= 0.3 is 6.09 Å².